The molecule has 1 aromatic carbocycles. The molecule has 92 valence electrons. The van der Waals surface area contributed by atoms with Crippen molar-refractivity contribution in [2.24, 2.45) is 4.99 Å². The summed E-state index contributed by atoms with van der Waals surface area (Å²) in [7, 11) is 0. The lowest BCUT2D eigenvalue weighted by Crippen LogP contribution is -2.03. The maximum Gasteiger partial charge on any atom is 0.416 e. The van der Waals surface area contributed by atoms with Crippen LogP contribution in [0.3, 0.4) is 0 Å². The number of hydrogen-bond donors (Lipinski definition) is 0. The van der Waals surface area contributed by atoms with Gasteiger partial charge in [-0.2, -0.15) is 13.2 Å². The van der Waals surface area contributed by atoms with Crippen molar-refractivity contribution in [2.75, 3.05) is 0 Å². The number of pyridine rings is 1. The largest absolute Gasteiger partial charge is 0.416 e. The fourth-order valence-electron chi connectivity index (χ4n) is 1.34. The minimum atomic E-state index is -4.31. The summed E-state index contributed by atoms with van der Waals surface area (Å²) < 4.78 is 37.0. The van der Waals surface area contributed by atoms with E-state index in [1.807, 2.05) is 0 Å². The summed E-state index contributed by atoms with van der Waals surface area (Å²) in [6.45, 7) is 0. The molecule has 0 N–H and O–H groups in total. The van der Waals surface area contributed by atoms with Gasteiger partial charge in [0.15, 0.2) is 0 Å². The second kappa shape index (κ2) is 5.00. The molecule has 0 spiro atoms. The van der Waals surface area contributed by atoms with Crippen LogP contribution in [-0.4, -0.2) is 11.2 Å². The summed E-state index contributed by atoms with van der Waals surface area (Å²) >= 11 is 0. The average Bonchev–Trinajstić information content (AvgIpc) is 2.37. The second-order valence-electron chi connectivity index (χ2n) is 3.58. The lowest BCUT2D eigenvalue weighted by atomic mass is 10.2. The van der Waals surface area contributed by atoms with Gasteiger partial charge in [0.1, 0.15) is 0 Å². The fraction of sp³-hybridized carbons (Fsp3) is 0.0769. The molecular weight excluding hydrogens is 241 g/mol. The molecule has 5 heteroatoms. The van der Waals surface area contributed by atoms with Gasteiger partial charge in [-0.3, -0.25) is 9.98 Å². The van der Waals surface area contributed by atoms with E-state index in [1.165, 1.54) is 12.1 Å². The van der Waals surface area contributed by atoms with Crippen molar-refractivity contribution in [2.45, 2.75) is 6.18 Å². The number of rotatable bonds is 2. The summed E-state index contributed by atoms with van der Waals surface area (Å²) in [4.78, 5) is 7.93. The van der Waals surface area contributed by atoms with E-state index in [-0.39, 0.29) is 0 Å². The Morgan fingerprint density at radius 2 is 1.56 bits per heavy atom. The van der Waals surface area contributed by atoms with Crippen LogP contribution in [0.4, 0.5) is 18.9 Å². The third-order valence-electron chi connectivity index (χ3n) is 2.26. The molecule has 1 aromatic heterocycles. The van der Waals surface area contributed by atoms with Gasteiger partial charge in [-0.1, -0.05) is 0 Å². The molecule has 0 radical (unpaired) electrons. The van der Waals surface area contributed by atoms with E-state index >= 15 is 0 Å². The van der Waals surface area contributed by atoms with E-state index in [4.69, 9.17) is 0 Å². The van der Waals surface area contributed by atoms with Gasteiger partial charge >= 0.3 is 6.18 Å². The van der Waals surface area contributed by atoms with Crippen LogP contribution in [0.1, 0.15) is 11.1 Å². The molecule has 2 aromatic rings. The summed E-state index contributed by atoms with van der Waals surface area (Å²) in [5.74, 6) is 0. The molecule has 2 rings (SSSR count). The zero-order chi connectivity index (χ0) is 13.0. The molecule has 0 aliphatic carbocycles. The first-order valence-electron chi connectivity index (χ1n) is 5.17. The zero-order valence-corrected chi connectivity index (χ0v) is 9.22. The van der Waals surface area contributed by atoms with Crippen molar-refractivity contribution < 1.29 is 13.2 Å². The molecule has 0 aliphatic rings. The molecule has 1 heterocycles. The van der Waals surface area contributed by atoms with Crippen LogP contribution in [0.5, 0.6) is 0 Å². The van der Waals surface area contributed by atoms with Gasteiger partial charge in [0.25, 0.3) is 0 Å². The standard InChI is InChI=1S/C13H9F3N2/c14-13(15,16)11-1-3-12(4-2-11)18-9-10-5-7-17-8-6-10/h1-9H. The first-order valence-corrected chi connectivity index (χ1v) is 5.17. The van der Waals surface area contributed by atoms with Crippen LogP contribution in [0.2, 0.25) is 0 Å². The third-order valence-corrected chi connectivity index (χ3v) is 2.26. The van der Waals surface area contributed by atoms with Crippen LogP contribution in [0.25, 0.3) is 0 Å². The molecule has 0 saturated carbocycles. The average molecular weight is 250 g/mol. The molecule has 0 bridgehead atoms. The van der Waals surface area contributed by atoms with Gasteiger partial charge in [-0.05, 0) is 42.0 Å². The Balaban J connectivity index is 2.14. The molecule has 0 atom stereocenters. The molecule has 0 fully saturated rings. The summed E-state index contributed by atoms with van der Waals surface area (Å²) in [5.41, 5.74) is 0.634. The topological polar surface area (TPSA) is 25.2 Å². The molecule has 2 nitrogen and oxygen atoms in total. The van der Waals surface area contributed by atoms with E-state index in [0.29, 0.717) is 5.69 Å². The van der Waals surface area contributed by atoms with E-state index < -0.39 is 11.7 Å². The lowest BCUT2D eigenvalue weighted by Gasteiger charge is -2.05. The smallest absolute Gasteiger partial charge is 0.265 e. The van der Waals surface area contributed by atoms with Crippen LogP contribution < -0.4 is 0 Å². The Morgan fingerprint density at radius 1 is 0.944 bits per heavy atom. The maximum atomic E-state index is 12.3. The molecule has 0 unspecified atom stereocenters. The molecule has 0 amide bonds. The first kappa shape index (κ1) is 12.3. The SMILES string of the molecule is FC(F)(F)c1ccc(N=Cc2ccncc2)cc1. The monoisotopic (exact) mass is 250 g/mol. The number of benzene rings is 1. The summed E-state index contributed by atoms with van der Waals surface area (Å²) in [6, 6.07) is 8.21. The van der Waals surface area contributed by atoms with E-state index in [2.05, 4.69) is 9.98 Å². The minimum absolute atomic E-state index is 0.472. The van der Waals surface area contributed by atoms with Gasteiger partial charge in [0.2, 0.25) is 0 Å². The van der Waals surface area contributed by atoms with E-state index in [1.54, 1.807) is 30.7 Å². The van der Waals surface area contributed by atoms with Gasteiger partial charge in [-0.25, -0.2) is 0 Å². The van der Waals surface area contributed by atoms with Crippen molar-refractivity contribution in [3.8, 4) is 0 Å². The number of alkyl halides is 3. The number of nitrogens with zero attached hydrogens (tertiary/aromatic N) is 2. The van der Waals surface area contributed by atoms with Gasteiger partial charge in [-0.15, -0.1) is 0 Å². The predicted molar refractivity (Wildman–Crippen MR) is 62.9 cm³/mol. The van der Waals surface area contributed by atoms with Gasteiger partial charge in [0.05, 0.1) is 11.3 Å². The second-order valence-corrected chi connectivity index (χ2v) is 3.58. The highest BCUT2D eigenvalue weighted by atomic mass is 19.4. The highest BCUT2D eigenvalue weighted by Crippen LogP contribution is 2.30. The molecule has 0 aliphatic heterocycles. The van der Waals surface area contributed by atoms with Gasteiger partial charge < -0.3 is 0 Å². The lowest BCUT2D eigenvalue weighted by molar-refractivity contribution is -0.137. The highest BCUT2D eigenvalue weighted by molar-refractivity contribution is 5.81. The Labute approximate surface area is 102 Å². The Kier molecular flexibility index (Phi) is 3.41. The fourth-order valence-corrected chi connectivity index (χ4v) is 1.34. The van der Waals surface area contributed by atoms with Crippen molar-refractivity contribution in [3.63, 3.8) is 0 Å². The quantitative estimate of drug-likeness (QED) is 0.743. The van der Waals surface area contributed by atoms with E-state index in [0.717, 1.165) is 17.7 Å². The molecule has 0 saturated heterocycles. The predicted octanol–water partition coefficient (Wildman–Crippen LogP) is 3.85. The summed E-state index contributed by atoms with van der Waals surface area (Å²) in [5, 5.41) is 0. The van der Waals surface area contributed by atoms with Crippen LogP contribution in [0.15, 0.2) is 53.8 Å². The third kappa shape index (κ3) is 3.16. The maximum absolute atomic E-state index is 12.3. The number of hydrogen-bond acceptors (Lipinski definition) is 2. The van der Waals surface area contributed by atoms with Gasteiger partial charge in [0, 0.05) is 18.6 Å². The first-order chi connectivity index (χ1) is 8.55. The van der Waals surface area contributed by atoms with Crippen LogP contribution in [-0.2, 0) is 6.18 Å². The summed E-state index contributed by atoms with van der Waals surface area (Å²) in [6.07, 6.45) is 0.500. The number of aliphatic imine (C=N–C) groups is 1. The van der Waals surface area contributed by atoms with Crippen LogP contribution in [0, 0.1) is 0 Å². The highest BCUT2D eigenvalue weighted by Gasteiger charge is 2.29. The van der Waals surface area contributed by atoms with Crippen molar-refractivity contribution in [1.29, 1.82) is 0 Å². The van der Waals surface area contributed by atoms with Crippen LogP contribution >= 0.6 is 0 Å². The Bertz CT molecular complexity index is 530. The number of aromatic nitrogens is 1. The minimum Gasteiger partial charge on any atom is -0.265 e. The normalized spacial score (nSPS) is 11.9. The van der Waals surface area contributed by atoms with Crippen molar-refractivity contribution in [3.05, 3.63) is 59.9 Å². The Morgan fingerprint density at radius 3 is 2.11 bits per heavy atom. The van der Waals surface area contributed by atoms with Crippen molar-refractivity contribution in [1.82, 2.24) is 4.98 Å². The van der Waals surface area contributed by atoms with E-state index in [9.17, 15) is 13.2 Å². The zero-order valence-electron chi connectivity index (χ0n) is 9.22. The molecular formula is C13H9F3N2. The van der Waals surface area contributed by atoms with Crippen molar-refractivity contribution >= 4 is 11.9 Å². The Hall–Kier alpha value is -2.17. The molecule has 18 heavy (non-hydrogen) atoms. The number of halogens is 3.